The van der Waals surface area contributed by atoms with E-state index in [1.807, 2.05) is 13.2 Å². The lowest BCUT2D eigenvalue weighted by atomic mass is 10.1. The second-order valence-corrected chi connectivity index (χ2v) is 7.60. The number of hydrogen-bond acceptors (Lipinski definition) is 5. The average Bonchev–Trinajstić information content (AvgIpc) is 3.19. The Kier molecular flexibility index (Phi) is 5.85. The molecule has 23 heavy (non-hydrogen) atoms. The smallest absolute Gasteiger partial charge is 0.194 e. The number of morpholine rings is 1. The molecule has 128 valence electrons. The molecule has 0 radical (unpaired) electrons. The fourth-order valence-corrected chi connectivity index (χ4v) is 4.02. The van der Waals surface area contributed by atoms with Crippen LogP contribution in [0.5, 0.6) is 0 Å². The van der Waals surface area contributed by atoms with E-state index in [1.54, 1.807) is 11.3 Å². The largest absolute Gasteiger partial charge is 0.379 e. The van der Waals surface area contributed by atoms with E-state index in [0.29, 0.717) is 0 Å². The van der Waals surface area contributed by atoms with Gasteiger partial charge in [-0.25, -0.2) is 4.98 Å². The van der Waals surface area contributed by atoms with Crippen molar-refractivity contribution in [2.45, 2.75) is 19.9 Å². The highest BCUT2D eigenvalue weighted by Gasteiger charge is 2.27. The van der Waals surface area contributed by atoms with Crippen LogP contribution in [0.4, 0.5) is 0 Å². The minimum atomic E-state index is 0.730. The Bertz CT molecular complexity index is 526. The summed E-state index contributed by atoms with van der Waals surface area (Å²) in [6.07, 6.45) is 3.17. The number of ether oxygens (including phenoxy) is 1. The van der Waals surface area contributed by atoms with Crippen LogP contribution < -0.4 is 5.32 Å². The van der Waals surface area contributed by atoms with E-state index >= 15 is 0 Å². The first-order valence-electron chi connectivity index (χ1n) is 8.41. The second kappa shape index (κ2) is 8.08. The molecule has 0 bridgehead atoms. The lowest BCUT2D eigenvalue weighted by Gasteiger charge is -2.29. The van der Waals surface area contributed by atoms with E-state index < -0.39 is 0 Å². The molecule has 7 heteroatoms. The zero-order chi connectivity index (χ0) is 16.1. The number of rotatable bonds is 4. The summed E-state index contributed by atoms with van der Waals surface area (Å²) in [6.45, 7) is 10.1. The maximum absolute atomic E-state index is 5.43. The molecule has 1 aromatic heterocycles. The van der Waals surface area contributed by atoms with E-state index in [4.69, 9.17) is 4.74 Å². The Morgan fingerprint density at radius 1 is 1.43 bits per heavy atom. The predicted molar refractivity (Wildman–Crippen MR) is 94.0 cm³/mol. The minimum absolute atomic E-state index is 0.730. The molecule has 0 aromatic carbocycles. The Labute approximate surface area is 142 Å². The maximum Gasteiger partial charge on any atom is 0.194 e. The summed E-state index contributed by atoms with van der Waals surface area (Å²) < 4.78 is 5.43. The average molecular weight is 337 g/mol. The summed E-state index contributed by atoms with van der Waals surface area (Å²) in [5.41, 5.74) is 0. The SMILES string of the molecule is CN=C(NCc1ncc(C)s1)N1CCC(CN2CCOCC2)C1. The Morgan fingerprint density at radius 2 is 2.26 bits per heavy atom. The number of nitrogens with zero attached hydrogens (tertiary/aromatic N) is 4. The third-order valence-corrected chi connectivity index (χ3v) is 5.40. The van der Waals surface area contributed by atoms with Crippen molar-refractivity contribution in [1.29, 1.82) is 0 Å². The molecule has 1 N–H and O–H groups in total. The van der Waals surface area contributed by atoms with Crippen LogP contribution in [0.3, 0.4) is 0 Å². The van der Waals surface area contributed by atoms with Crippen LogP contribution in [-0.4, -0.2) is 73.7 Å². The van der Waals surface area contributed by atoms with Gasteiger partial charge in [0.1, 0.15) is 5.01 Å². The summed E-state index contributed by atoms with van der Waals surface area (Å²) in [5.74, 6) is 1.73. The maximum atomic E-state index is 5.43. The monoisotopic (exact) mass is 337 g/mol. The highest BCUT2D eigenvalue weighted by atomic mass is 32.1. The van der Waals surface area contributed by atoms with Gasteiger partial charge < -0.3 is 15.0 Å². The Hall–Kier alpha value is -1.18. The van der Waals surface area contributed by atoms with Crippen LogP contribution in [0.2, 0.25) is 0 Å². The molecular formula is C16H27N5OS. The molecule has 1 atom stereocenters. The van der Waals surface area contributed by atoms with Crippen molar-refractivity contribution in [3.63, 3.8) is 0 Å². The van der Waals surface area contributed by atoms with Crippen molar-refractivity contribution < 1.29 is 4.74 Å². The number of likely N-dealkylation sites (tertiary alicyclic amines) is 1. The minimum Gasteiger partial charge on any atom is -0.379 e. The fourth-order valence-electron chi connectivity index (χ4n) is 3.29. The molecule has 2 aliphatic heterocycles. The van der Waals surface area contributed by atoms with Gasteiger partial charge in [-0.1, -0.05) is 0 Å². The molecule has 2 fully saturated rings. The number of thiazole rings is 1. The summed E-state index contributed by atoms with van der Waals surface area (Å²) in [5, 5.41) is 4.57. The quantitative estimate of drug-likeness (QED) is 0.660. The Morgan fingerprint density at radius 3 is 2.96 bits per heavy atom. The molecule has 6 nitrogen and oxygen atoms in total. The number of hydrogen-bond donors (Lipinski definition) is 1. The predicted octanol–water partition coefficient (Wildman–Crippen LogP) is 1.18. The fraction of sp³-hybridized carbons (Fsp3) is 0.750. The van der Waals surface area contributed by atoms with Crippen molar-refractivity contribution in [3.8, 4) is 0 Å². The Balaban J connectivity index is 1.46. The first kappa shape index (κ1) is 16.7. The number of nitrogens with one attached hydrogen (secondary N) is 1. The third-order valence-electron chi connectivity index (χ3n) is 4.48. The van der Waals surface area contributed by atoms with Gasteiger partial charge in [0.2, 0.25) is 0 Å². The van der Waals surface area contributed by atoms with Crippen LogP contribution in [0.15, 0.2) is 11.2 Å². The van der Waals surface area contributed by atoms with Gasteiger partial charge in [-0.2, -0.15) is 0 Å². The molecule has 3 heterocycles. The second-order valence-electron chi connectivity index (χ2n) is 6.28. The topological polar surface area (TPSA) is 53.0 Å². The van der Waals surface area contributed by atoms with Crippen molar-refractivity contribution in [2.75, 3.05) is 53.0 Å². The first-order chi connectivity index (χ1) is 11.2. The van der Waals surface area contributed by atoms with Crippen LogP contribution >= 0.6 is 11.3 Å². The van der Waals surface area contributed by atoms with Crippen LogP contribution in [0, 0.1) is 12.8 Å². The third kappa shape index (κ3) is 4.65. The lowest BCUT2D eigenvalue weighted by Crippen LogP contribution is -2.42. The highest BCUT2D eigenvalue weighted by molar-refractivity contribution is 7.11. The normalized spacial score (nSPS) is 23.5. The summed E-state index contributed by atoms with van der Waals surface area (Å²) in [6, 6.07) is 0. The van der Waals surface area contributed by atoms with Gasteiger partial charge in [-0.05, 0) is 19.3 Å². The van der Waals surface area contributed by atoms with Gasteiger partial charge in [-0.15, -0.1) is 11.3 Å². The van der Waals surface area contributed by atoms with Gasteiger partial charge in [-0.3, -0.25) is 9.89 Å². The summed E-state index contributed by atoms with van der Waals surface area (Å²) >= 11 is 1.74. The lowest BCUT2D eigenvalue weighted by molar-refractivity contribution is 0.0315. The molecule has 0 spiro atoms. The van der Waals surface area contributed by atoms with Crippen molar-refractivity contribution >= 4 is 17.3 Å². The molecule has 1 aromatic rings. The molecule has 0 saturated carbocycles. The number of aryl methyl sites for hydroxylation is 1. The van der Waals surface area contributed by atoms with E-state index in [0.717, 1.165) is 62.8 Å². The number of aromatic nitrogens is 1. The zero-order valence-corrected chi connectivity index (χ0v) is 14.9. The molecular weight excluding hydrogens is 310 g/mol. The van der Waals surface area contributed by atoms with Gasteiger partial charge in [0.25, 0.3) is 0 Å². The molecule has 0 amide bonds. The van der Waals surface area contributed by atoms with Gasteiger partial charge in [0, 0.05) is 50.8 Å². The number of aliphatic imine (C=N–C) groups is 1. The first-order valence-corrected chi connectivity index (χ1v) is 9.23. The van der Waals surface area contributed by atoms with Crippen LogP contribution in [0.25, 0.3) is 0 Å². The van der Waals surface area contributed by atoms with Gasteiger partial charge in [0.15, 0.2) is 5.96 Å². The summed E-state index contributed by atoms with van der Waals surface area (Å²) in [7, 11) is 1.87. The van der Waals surface area contributed by atoms with E-state index in [-0.39, 0.29) is 0 Å². The molecule has 2 aliphatic rings. The van der Waals surface area contributed by atoms with E-state index in [1.165, 1.54) is 17.8 Å². The highest BCUT2D eigenvalue weighted by Crippen LogP contribution is 2.18. The summed E-state index contributed by atoms with van der Waals surface area (Å²) in [4.78, 5) is 15.0. The van der Waals surface area contributed by atoms with E-state index in [2.05, 4.69) is 32.0 Å². The van der Waals surface area contributed by atoms with E-state index in [9.17, 15) is 0 Å². The van der Waals surface area contributed by atoms with Crippen molar-refractivity contribution in [1.82, 2.24) is 20.1 Å². The standard InChI is InChI=1S/C16H27N5OS/c1-13-9-18-15(23-13)10-19-16(17-2)21-4-3-14(12-21)11-20-5-7-22-8-6-20/h9,14H,3-8,10-12H2,1-2H3,(H,17,19). The van der Waals surface area contributed by atoms with Crippen LogP contribution in [-0.2, 0) is 11.3 Å². The van der Waals surface area contributed by atoms with Crippen LogP contribution in [0.1, 0.15) is 16.3 Å². The number of guanidine groups is 1. The molecule has 1 unspecified atom stereocenters. The van der Waals surface area contributed by atoms with Gasteiger partial charge >= 0.3 is 0 Å². The van der Waals surface area contributed by atoms with Crippen molar-refractivity contribution in [3.05, 3.63) is 16.1 Å². The molecule has 2 saturated heterocycles. The van der Waals surface area contributed by atoms with Gasteiger partial charge in [0.05, 0.1) is 19.8 Å². The zero-order valence-electron chi connectivity index (χ0n) is 14.1. The van der Waals surface area contributed by atoms with Crippen molar-refractivity contribution in [2.24, 2.45) is 10.9 Å². The molecule has 3 rings (SSSR count). The molecule has 0 aliphatic carbocycles.